The standard InChI is InChI=1S/C15H22BrNO3/c1-4-11(5-2)17(8-9-18)15(19)13-10-12(20-3)6-7-14(13)16/h6-7,10-11,18H,4-5,8-9H2,1-3H3. The van der Waals surface area contributed by atoms with Gasteiger partial charge in [-0.05, 0) is 47.0 Å². The molecule has 1 aromatic carbocycles. The molecule has 0 aliphatic carbocycles. The summed E-state index contributed by atoms with van der Waals surface area (Å²) in [7, 11) is 1.57. The molecule has 5 heteroatoms. The quantitative estimate of drug-likeness (QED) is 0.827. The number of nitrogens with zero attached hydrogens (tertiary/aromatic N) is 1. The molecule has 0 saturated heterocycles. The van der Waals surface area contributed by atoms with Crippen LogP contribution in [-0.4, -0.2) is 42.2 Å². The van der Waals surface area contributed by atoms with Crippen LogP contribution in [-0.2, 0) is 0 Å². The van der Waals surface area contributed by atoms with Crippen molar-refractivity contribution in [1.29, 1.82) is 0 Å². The summed E-state index contributed by atoms with van der Waals surface area (Å²) in [6.45, 7) is 4.40. The zero-order valence-electron chi connectivity index (χ0n) is 12.2. The lowest BCUT2D eigenvalue weighted by Crippen LogP contribution is -2.41. The molecule has 1 aromatic rings. The van der Waals surface area contributed by atoms with Gasteiger partial charge in [-0.15, -0.1) is 0 Å². The Morgan fingerprint density at radius 2 is 2.05 bits per heavy atom. The fourth-order valence-electron chi connectivity index (χ4n) is 2.24. The maximum absolute atomic E-state index is 12.7. The van der Waals surface area contributed by atoms with Gasteiger partial charge >= 0.3 is 0 Å². The number of halogens is 1. The summed E-state index contributed by atoms with van der Waals surface area (Å²) in [5.74, 6) is 0.559. The number of aliphatic hydroxyl groups is 1. The molecule has 0 heterocycles. The van der Waals surface area contributed by atoms with E-state index < -0.39 is 0 Å². The molecule has 0 fully saturated rings. The van der Waals surface area contributed by atoms with Gasteiger partial charge in [-0.1, -0.05) is 13.8 Å². The van der Waals surface area contributed by atoms with E-state index in [2.05, 4.69) is 15.9 Å². The Labute approximate surface area is 128 Å². The third kappa shape index (κ3) is 3.96. The first-order valence-electron chi connectivity index (χ1n) is 6.84. The number of ether oxygens (including phenoxy) is 1. The van der Waals surface area contributed by atoms with Gasteiger partial charge in [0.2, 0.25) is 0 Å². The second-order valence-electron chi connectivity index (χ2n) is 4.54. The van der Waals surface area contributed by atoms with E-state index in [1.807, 2.05) is 13.8 Å². The summed E-state index contributed by atoms with van der Waals surface area (Å²) in [6, 6.07) is 5.46. The minimum atomic E-state index is -0.0847. The first-order valence-corrected chi connectivity index (χ1v) is 7.63. The van der Waals surface area contributed by atoms with Crippen LogP contribution < -0.4 is 4.74 Å². The molecule has 0 unspecified atom stereocenters. The van der Waals surface area contributed by atoms with Gasteiger partial charge in [0.15, 0.2) is 0 Å². The Morgan fingerprint density at radius 1 is 1.40 bits per heavy atom. The number of hydrogen-bond acceptors (Lipinski definition) is 3. The summed E-state index contributed by atoms with van der Waals surface area (Å²) >= 11 is 3.41. The Bertz CT molecular complexity index is 447. The Morgan fingerprint density at radius 3 is 2.55 bits per heavy atom. The van der Waals surface area contributed by atoms with Crippen LogP contribution in [0.2, 0.25) is 0 Å². The molecule has 0 aliphatic rings. The molecule has 0 atom stereocenters. The number of aliphatic hydroxyl groups excluding tert-OH is 1. The molecule has 0 spiro atoms. The fourth-order valence-corrected chi connectivity index (χ4v) is 2.65. The van der Waals surface area contributed by atoms with Crippen molar-refractivity contribution in [3.8, 4) is 5.75 Å². The summed E-state index contributed by atoms with van der Waals surface area (Å²) in [6.07, 6.45) is 1.73. The number of carbonyl (C=O) groups is 1. The Balaban J connectivity index is 3.11. The van der Waals surface area contributed by atoms with Gasteiger partial charge in [-0.3, -0.25) is 4.79 Å². The summed E-state index contributed by atoms with van der Waals surface area (Å²) in [5.41, 5.74) is 0.560. The third-order valence-corrected chi connectivity index (χ3v) is 4.08. The highest BCUT2D eigenvalue weighted by Gasteiger charge is 2.23. The minimum absolute atomic E-state index is 0.0379. The smallest absolute Gasteiger partial charge is 0.255 e. The van der Waals surface area contributed by atoms with Gasteiger partial charge in [0, 0.05) is 17.1 Å². The second kappa shape index (κ2) is 8.27. The first-order chi connectivity index (χ1) is 9.58. The molecule has 112 valence electrons. The third-order valence-electron chi connectivity index (χ3n) is 3.39. The molecule has 0 radical (unpaired) electrons. The minimum Gasteiger partial charge on any atom is -0.497 e. The summed E-state index contributed by atoms with van der Waals surface area (Å²) in [5, 5.41) is 9.21. The second-order valence-corrected chi connectivity index (χ2v) is 5.39. The molecule has 4 nitrogen and oxygen atoms in total. The molecule has 0 bridgehead atoms. The molecule has 1 amide bonds. The van der Waals surface area contributed by atoms with E-state index in [-0.39, 0.29) is 18.6 Å². The predicted molar refractivity (Wildman–Crippen MR) is 83.2 cm³/mol. The monoisotopic (exact) mass is 343 g/mol. The van der Waals surface area contributed by atoms with Crippen molar-refractivity contribution in [2.45, 2.75) is 32.7 Å². The zero-order valence-corrected chi connectivity index (χ0v) is 13.8. The van der Waals surface area contributed by atoms with Gasteiger partial charge in [0.05, 0.1) is 19.3 Å². The molecule has 0 aromatic heterocycles. The van der Waals surface area contributed by atoms with Crippen LogP contribution in [0.4, 0.5) is 0 Å². The fraction of sp³-hybridized carbons (Fsp3) is 0.533. The van der Waals surface area contributed by atoms with E-state index in [4.69, 9.17) is 4.74 Å². The topological polar surface area (TPSA) is 49.8 Å². The summed E-state index contributed by atoms with van der Waals surface area (Å²) in [4.78, 5) is 14.4. The SMILES string of the molecule is CCC(CC)N(CCO)C(=O)c1cc(OC)ccc1Br. The van der Waals surface area contributed by atoms with E-state index in [1.165, 1.54) is 0 Å². The van der Waals surface area contributed by atoms with E-state index >= 15 is 0 Å². The average Bonchev–Trinajstić information content (AvgIpc) is 2.47. The number of amides is 1. The van der Waals surface area contributed by atoms with Crippen LogP contribution in [0.5, 0.6) is 5.75 Å². The Hall–Kier alpha value is -1.07. The lowest BCUT2D eigenvalue weighted by Gasteiger charge is -2.30. The maximum Gasteiger partial charge on any atom is 0.255 e. The maximum atomic E-state index is 12.7. The van der Waals surface area contributed by atoms with E-state index in [9.17, 15) is 9.90 Å². The lowest BCUT2D eigenvalue weighted by atomic mass is 10.1. The van der Waals surface area contributed by atoms with Gasteiger partial charge in [0.25, 0.3) is 5.91 Å². The van der Waals surface area contributed by atoms with Crippen molar-refractivity contribution in [2.75, 3.05) is 20.3 Å². The van der Waals surface area contributed by atoms with Crippen LogP contribution in [0.1, 0.15) is 37.0 Å². The molecule has 0 saturated carbocycles. The molecule has 1 N–H and O–H groups in total. The lowest BCUT2D eigenvalue weighted by molar-refractivity contribution is 0.0621. The van der Waals surface area contributed by atoms with Gasteiger partial charge in [-0.2, -0.15) is 0 Å². The van der Waals surface area contributed by atoms with Crippen molar-refractivity contribution in [1.82, 2.24) is 4.90 Å². The van der Waals surface area contributed by atoms with E-state index in [1.54, 1.807) is 30.2 Å². The van der Waals surface area contributed by atoms with E-state index in [0.29, 0.717) is 17.9 Å². The molecular weight excluding hydrogens is 322 g/mol. The molecular formula is C15H22BrNO3. The van der Waals surface area contributed by atoms with Crippen LogP contribution in [0.25, 0.3) is 0 Å². The number of carbonyl (C=O) groups excluding carboxylic acids is 1. The summed E-state index contributed by atoms with van der Waals surface area (Å²) < 4.78 is 5.91. The van der Waals surface area contributed by atoms with Crippen molar-refractivity contribution in [3.63, 3.8) is 0 Å². The van der Waals surface area contributed by atoms with Crippen LogP contribution in [0, 0.1) is 0 Å². The highest BCUT2D eigenvalue weighted by molar-refractivity contribution is 9.10. The Kier molecular flexibility index (Phi) is 7.02. The number of rotatable bonds is 7. The van der Waals surface area contributed by atoms with Crippen molar-refractivity contribution < 1.29 is 14.6 Å². The average molecular weight is 344 g/mol. The number of hydrogen-bond donors (Lipinski definition) is 1. The highest BCUT2D eigenvalue weighted by Crippen LogP contribution is 2.25. The van der Waals surface area contributed by atoms with Crippen molar-refractivity contribution in [3.05, 3.63) is 28.2 Å². The molecule has 20 heavy (non-hydrogen) atoms. The molecule has 1 rings (SSSR count). The number of methoxy groups -OCH3 is 1. The van der Waals surface area contributed by atoms with Crippen LogP contribution >= 0.6 is 15.9 Å². The largest absolute Gasteiger partial charge is 0.497 e. The number of benzene rings is 1. The molecule has 0 aliphatic heterocycles. The zero-order chi connectivity index (χ0) is 15.1. The van der Waals surface area contributed by atoms with Crippen LogP contribution in [0.15, 0.2) is 22.7 Å². The van der Waals surface area contributed by atoms with E-state index in [0.717, 1.165) is 17.3 Å². The van der Waals surface area contributed by atoms with Crippen LogP contribution in [0.3, 0.4) is 0 Å². The van der Waals surface area contributed by atoms with Gasteiger partial charge < -0.3 is 14.7 Å². The predicted octanol–water partition coefficient (Wildman–Crippen LogP) is 3.08. The highest BCUT2D eigenvalue weighted by atomic mass is 79.9. The van der Waals surface area contributed by atoms with Gasteiger partial charge in [0.1, 0.15) is 5.75 Å². The van der Waals surface area contributed by atoms with Crippen molar-refractivity contribution in [2.24, 2.45) is 0 Å². The van der Waals surface area contributed by atoms with Gasteiger partial charge in [-0.25, -0.2) is 0 Å². The van der Waals surface area contributed by atoms with Crippen molar-refractivity contribution >= 4 is 21.8 Å². The normalized spacial score (nSPS) is 10.7. The first kappa shape index (κ1) is 17.0.